The number of rotatable bonds is 9. The minimum absolute atomic E-state index is 0.0189. The monoisotopic (exact) mass is 505 g/mol. The zero-order chi connectivity index (χ0) is 25.2. The molecule has 1 aliphatic heterocycles. The summed E-state index contributed by atoms with van der Waals surface area (Å²) in [5.41, 5.74) is 1.63. The number of aliphatic hydroxyl groups is 1. The Morgan fingerprint density at radius 1 is 1.29 bits per heavy atom. The Labute approximate surface area is 205 Å². The van der Waals surface area contributed by atoms with E-state index < -0.39 is 28.5 Å². The highest BCUT2D eigenvalue weighted by Crippen LogP contribution is 2.40. The summed E-state index contributed by atoms with van der Waals surface area (Å²) in [6.45, 7) is 4.37. The Balaban J connectivity index is 1.62. The van der Waals surface area contributed by atoms with E-state index in [4.69, 9.17) is 4.74 Å². The molecule has 1 amide bonds. The summed E-state index contributed by atoms with van der Waals surface area (Å²) in [6.07, 6.45) is 2.57. The van der Waals surface area contributed by atoms with Crippen LogP contribution in [0.25, 0.3) is 0 Å². The van der Waals surface area contributed by atoms with E-state index in [0.29, 0.717) is 24.9 Å². The van der Waals surface area contributed by atoms with Crippen LogP contribution in [0.3, 0.4) is 0 Å². The number of aryl methyl sites for hydroxylation is 1. The van der Waals surface area contributed by atoms with Gasteiger partial charge in [-0.25, -0.2) is 13.4 Å². The largest absolute Gasteiger partial charge is 0.487 e. The molecule has 1 atom stereocenters. The quantitative estimate of drug-likeness (QED) is 0.483. The Morgan fingerprint density at radius 3 is 2.69 bits per heavy atom. The van der Waals surface area contributed by atoms with Crippen LogP contribution in [-0.4, -0.2) is 45.2 Å². The maximum Gasteiger partial charge on any atom is 0.326 e. The van der Waals surface area contributed by atoms with Crippen LogP contribution in [0.1, 0.15) is 43.4 Å². The minimum atomic E-state index is -4.22. The highest BCUT2D eigenvalue weighted by molar-refractivity contribution is 7.92. The molecule has 0 radical (unpaired) electrons. The zero-order valence-corrected chi connectivity index (χ0v) is 20.8. The van der Waals surface area contributed by atoms with Crippen LogP contribution in [-0.2, 0) is 34.5 Å². The molecule has 2 aliphatic rings. The molecule has 190 valence electrons. The van der Waals surface area contributed by atoms with Gasteiger partial charge in [-0.1, -0.05) is 44.2 Å². The van der Waals surface area contributed by atoms with Gasteiger partial charge in [0, 0.05) is 12.6 Å². The van der Waals surface area contributed by atoms with E-state index in [1.807, 2.05) is 48.9 Å². The fourth-order valence-corrected chi connectivity index (χ4v) is 5.58. The van der Waals surface area contributed by atoms with Crippen LogP contribution < -0.4 is 19.1 Å². The number of ether oxygens (including phenoxy) is 1. The number of halogens is 1. The van der Waals surface area contributed by atoms with Crippen molar-refractivity contribution < 1.29 is 27.4 Å². The number of hydrogen-bond acceptors (Lipinski definition) is 6. The van der Waals surface area contributed by atoms with E-state index in [0.717, 1.165) is 28.3 Å². The molecule has 4 rings (SSSR count). The van der Waals surface area contributed by atoms with Gasteiger partial charge in [-0.05, 0) is 60.4 Å². The molecule has 1 unspecified atom stereocenters. The Bertz CT molecular complexity index is 1190. The molecule has 2 aromatic rings. The van der Waals surface area contributed by atoms with Gasteiger partial charge in [-0.3, -0.25) is 4.79 Å². The lowest BCUT2D eigenvalue weighted by atomic mass is 9.86. The average Bonchev–Trinajstić information content (AvgIpc) is 3.10. The number of benzene rings is 2. The predicted molar refractivity (Wildman–Crippen MR) is 131 cm³/mol. The molecule has 1 saturated heterocycles. The first-order valence-electron chi connectivity index (χ1n) is 11.8. The van der Waals surface area contributed by atoms with E-state index in [1.165, 1.54) is 0 Å². The summed E-state index contributed by atoms with van der Waals surface area (Å²) in [5, 5.41) is 12.9. The zero-order valence-electron chi connectivity index (χ0n) is 20.0. The number of fused-ring (bicyclic) bond motifs is 1. The number of amides is 1. The predicted octanol–water partition coefficient (Wildman–Crippen LogP) is 2.44. The van der Waals surface area contributed by atoms with Crippen molar-refractivity contribution in [2.75, 3.05) is 24.0 Å². The SMILES string of the molecule is CC(C)(CO)CCNC1CCc2cc(OCc3ccccc3)c(N3CC(=O)NS3(=O)=O)c(F)c2C1. The average molecular weight is 506 g/mol. The van der Waals surface area contributed by atoms with Gasteiger partial charge in [0.2, 0.25) is 0 Å². The molecular formula is C25H32FN3O5S. The maximum absolute atomic E-state index is 16.0. The molecule has 35 heavy (non-hydrogen) atoms. The highest BCUT2D eigenvalue weighted by Gasteiger charge is 2.39. The van der Waals surface area contributed by atoms with Gasteiger partial charge in [0.25, 0.3) is 5.91 Å². The number of nitrogens with one attached hydrogen (secondary N) is 2. The van der Waals surface area contributed by atoms with Crippen LogP contribution in [0.4, 0.5) is 10.1 Å². The van der Waals surface area contributed by atoms with Crippen molar-refractivity contribution in [3.8, 4) is 5.75 Å². The molecule has 8 nitrogen and oxygen atoms in total. The van der Waals surface area contributed by atoms with Crippen molar-refractivity contribution >= 4 is 21.8 Å². The molecule has 3 N–H and O–H groups in total. The molecular weight excluding hydrogens is 473 g/mol. The van der Waals surface area contributed by atoms with E-state index in [9.17, 15) is 18.3 Å². The van der Waals surface area contributed by atoms with Crippen LogP contribution in [0.2, 0.25) is 0 Å². The molecule has 2 aromatic carbocycles. The number of carbonyl (C=O) groups excluding carboxylic acids is 1. The second-order valence-corrected chi connectivity index (χ2v) is 11.5. The Morgan fingerprint density at radius 2 is 2.03 bits per heavy atom. The molecule has 10 heteroatoms. The van der Waals surface area contributed by atoms with Gasteiger partial charge in [0.05, 0.1) is 0 Å². The summed E-state index contributed by atoms with van der Waals surface area (Å²) in [7, 11) is -4.22. The number of nitrogens with zero attached hydrogens (tertiary/aromatic N) is 1. The first-order valence-corrected chi connectivity index (χ1v) is 13.2. The number of anilines is 1. The summed E-state index contributed by atoms with van der Waals surface area (Å²) >= 11 is 0. The Kier molecular flexibility index (Phi) is 7.35. The van der Waals surface area contributed by atoms with E-state index in [1.54, 1.807) is 6.07 Å². The second-order valence-electron chi connectivity index (χ2n) is 9.95. The molecule has 0 aromatic heterocycles. The standard InChI is InChI=1S/C25H32FN3O5S/c1-25(2,16-30)10-11-27-19-9-8-18-12-21(34-15-17-6-4-3-5-7-17)24(23(26)20(18)13-19)29-14-22(31)28-35(29,32)33/h3-7,12,19,27,30H,8-11,13-16H2,1-2H3,(H,28,31). The van der Waals surface area contributed by atoms with Crippen LogP contribution in [0, 0.1) is 11.2 Å². The molecule has 0 bridgehead atoms. The Hall–Kier alpha value is -2.69. The topological polar surface area (TPSA) is 108 Å². The van der Waals surface area contributed by atoms with Crippen LogP contribution in [0.5, 0.6) is 5.75 Å². The van der Waals surface area contributed by atoms with Crippen LogP contribution in [0.15, 0.2) is 36.4 Å². The van der Waals surface area contributed by atoms with E-state index in [-0.39, 0.29) is 36.1 Å². The number of aliphatic hydroxyl groups excluding tert-OH is 1. The molecule has 0 saturated carbocycles. The third-order valence-corrected chi connectivity index (χ3v) is 7.96. The van der Waals surface area contributed by atoms with Gasteiger partial charge < -0.3 is 15.2 Å². The minimum Gasteiger partial charge on any atom is -0.487 e. The van der Waals surface area contributed by atoms with Gasteiger partial charge in [-0.15, -0.1) is 0 Å². The summed E-state index contributed by atoms with van der Waals surface area (Å²) in [5.74, 6) is -1.30. The summed E-state index contributed by atoms with van der Waals surface area (Å²) in [6, 6.07) is 11.0. The molecule has 1 heterocycles. The fraction of sp³-hybridized carbons (Fsp3) is 0.480. The van der Waals surface area contributed by atoms with E-state index >= 15 is 4.39 Å². The van der Waals surface area contributed by atoms with Crippen molar-refractivity contribution in [3.63, 3.8) is 0 Å². The lowest BCUT2D eigenvalue weighted by Gasteiger charge is -2.30. The third kappa shape index (κ3) is 5.76. The fourth-order valence-electron chi connectivity index (χ4n) is 4.42. The lowest BCUT2D eigenvalue weighted by molar-refractivity contribution is -0.117. The lowest BCUT2D eigenvalue weighted by Crippen LogP contribution is -2.38. The van der Waals surface area contributed by atoms with Crippen molar-refractivity contribution in [1.82, 2.24) is 10.0 Å². The molecule has 1 aliphatic carbocycles. The van der Waals surface area contributed by atoms with Gasteiger partial charge in [-0.2, -0.15) is 8.42 Å². The maximum atomic E-state index is 16.0. The summed E-state index contributed by atoms with van der Waals surface area (Å²) in [4.78, 5) is 11.9. The van der Waals surface area contributed by atoms with Crippen LogP contribution >= 0.6 is 0 Å². The first kappa shape index (κ1) is 25.4. The van der Waals surface area contributed by atoms with E-state index in [2.05, 4.69) is 5.32 Å². The van der Waals surface area contributed by atoms with Gasteiger partial charge >= 0.3 is 10.2 Å². The number of hydrogen-bond donors (Lipinski definition) is 3. The first-order chi connectivity index (χ1) is 16.6. The van der Waals surface area contributed by atoms with Crippen molar-refractivity contribution in [3.05, 3.63) is 58.9 Å². The molecule has 1 fully saturated rings. The molecule has 0 spiro atoms. The van der Waals surface area contributed by atoms with Gasteiger partial charge in [0.1, 0.15) is 24.6 Å². The number of carbonyl (C=O) groups is 1. The van der Waals surface area contributed by atoms with Crippen molar-refractivity contribution in [2.45, 2.75) is 52.2 Å². The second kappa shape index (κ2) is 10.1. The van der Waals surface area contributed by atoms with Crippen molar-refractivity contribution in [1.29, 1.82) is 0 Å². The smallest absolute Gasteiger partial charge is 0.326 e. The third-order valence-electron chi connectivity index (χ3n) is 6.58. The normalized spacial score (nSPS) is 19.4. The summed E-state index contributed by atoms with van der Waals surface area (Å²) < 4.78 is 49.8. The van der Waals surface area contributed by atoms with Gasteiger partial charge in [0.15, 0.2) is 5.82 Å². The highest BCUT2D eigenvalue weighted by atomic mass is 32.2. The van der Waals surface area contributed by atoms with Crippen molar-refractivity contribution in [2.24, 2.45) is 5.41 Å².